The molecule has 2 rings (SSSR count). The second-order valence-corrected chi connectivity index (χ2v) is 5.15. The fraction of sp³-hybridized carbons (Fsp3) is 0.385. The van der Waals surface area contributed by atoms with Crippen LogP contribution in [-0.2, 0) is 16.0 Å². The molecule has 2 atom stereocenters. The molecule has 1 aliphatic carbocycles. The minimum absolute atomic E-state index is 0.00464. The molecule has 0 unspecified atom stereocenters. The van der Waals surface area contributed by atoms with Crippen molar-refractivity contribution in [1.82, 2.24) is 0 Å². The molecular weight excluding hydrogens is 268 g/mol. The fourth-order valence-electron chi connectivity index (χ4n) is 1.96. The largest absolute Gasteiger partial charge is 0.300 e. The predicted molar refractivity (Wildman–Crippen MR) is 65.1 cm³/mol. The highest BCUT2D eigenvalue weighted by Gasteiger charge is 2.45. The third-order valence-electron chi connectivity index (χ3n) is 3.05. The molecule has 0 N–H and O–H groups in total. The highest BCUT2D eigenvalue weighted by atomic mass is 79.9. The van der Waals surface area contributed by atoms with Gasteiger partial charge in [-0.05, 0) is 25.0 Å². The van der Waals surface area contributed by atoms with E-state index >= 15 is 0 Å². The predicted octanol–water partition coefficient (Wildman–Crippen LogP) is 2.79. The van der Waals surface area contributed by atoms with Gasteiger partial charge in [0.05, 0.1) is 0 Å². The molecule has 1 saturated carbocycles. The van der Waals surface area contributed by atoms with Gasteiger partial charge in [-0.1, -0.05) is 34.1 Å². The Balaban J connectivity index is 1.99. The van der Waals surface area contributed by atoms with Gasteiger partial charge in [-0.15, -0.1) is 0 Å². The van der Waals surface area contributed by atoms with E-state index in [1.165, 1.54) is 0 Å². The monoisotopic (exact) mass is 280 g/mol. The average Bonchev–Trinajstić information content (AvgIpc) is 3.01. The normalized spacial score (nSPS) is 22.9. The molecule has 0 radical (unpaired) electrons. The first-order valence-corrected chi connectivity index (χ1v) is 6.15. The molecule has 2 nitrogen and oxygen atoms in total. The van der Waals surface area contributed by atoms with Crippen LogP contribution in [0, 0.1) is 11.8 Å². The van der Waals surface area contributed by atoms with Crippen LogP contribution in [0.1, 0.15) is 18.9 Å². The van der Waals surface area contributed by atoms with E-state index in [-0.39, 0.29) is 23.4 Å². The lowest BCUT2D eigenvalue weighted by Gasteiger charge is -2.02. The Hall–Kier alpha value is -0.960. The Kier molecular flexibility index (Phi) is 3.24. The summed E-state index contributed by atoms with van der Waals surface area (Å²) in [6.07, 6.45) is 1.18. The van der Waals surface area contributed by atoms with Crippen molar-refractivity contribution < 1.29 is 9.59 Å². The Morgan fingerprint density at radius 2 is 2.00 bits per heavy atom. The molecule has 0 saturated heterocycles. The Morgan fingerprint density at radius 1 is 1.31 bits per heavy atom. The van der Waals surface area contributed by atoms with Crippen LogP contribution < -0.4 is 0 Å². The minimum atomic E-state index is -0.0235. The van der Waals surface area contributed by atoms with Crippen LogP contribution in [0.4, 0.5) is 0 Å². The molecule has 0 bridgehead atoms. The molecular formula is C13H13BrO2. The zero-order valence-electron chi connectivity index (χ0n) is 9.07. The van der Waals surface area contributed by atoms with E-state index in [4.69, 9.17) is 0 Å². The van der Waals surface area contributed by atoms with Gasteiger partial charge in [-0.3, -0.25) is 9.59 Å². The molecule has 0 spiro atoms. The molecule has 0 amide bonds. The SMILES string of the molecule is CC(=O)[C@H]1C[C@@H]1C(=O)Cc1ccccc1Br. The van der Waals surface area contributed by atoms with Crippen molar-refractivity contribution >= 4 is 27.5 Å². The summed E-state index contributed by atoms with van der Waals surface area (Å²) in [5.41, 5.74) is 1.00. The van der Waals surface area contributed by atoms with Crippen molar-refractivity contribution in [3.8, 4) is 0 Å². The van der Waals surface area contributed by atoms with Crippen LogP contribution >= 0.6 is 15.9 Å². The maximum Gasteiger partial charge on any atom is 0.141 e. The molecule has 0 aliphatic heterocycles. The van der Waals surface area contributed by atoms with Gasteiger partial charge in [-0.2, -0.15) is 0 Å². The van der Waals surface area contributed by atoms with Crippen molar-refractivity contribution in [2.45, 2.75) is 19.8 Å². The number of Topliss-reactive ketones (excluding diaryl/α,β-unsaturated/α-hetero) is 2. The Morgan fingerprint density at radius 3 is 2.56 bits per heavy atom. The lowest BCUT2D eigenvalue weighted by molar-refractivity contribution is -0.123. The van der Waals surface area contributed by atoms with E-state index in [2.05, 4.69) is 15.9 Å². The molecule has 0 aromatic heterocycles. The number of ketones is 2. The van der Waals surface area contributed by atoms with Gasteiger partial charge in [0, 0.05) is 22.7 Å². The van der Waals surface area contributed by atoms with E-state index in [1.54, 1.807) is 6.92 Å². The molecule has 84 valence electrons. The van der Waals surface area contributed by atoms with Crippen LogP contribution in [0.2, 0.25) is 0 Å². The lowest BCUT2D eigenvalue weighted by atomic mass is 10.0. The van der Waals surface area contributed by atoms with Crippen molar-refractivity contribution in [3.05, 3.63) is 34.3 Å². The first-order chi connectivity index (χ1) is 7.59. The summed E-state index contributed by atoms with van der Waals surface area (Å²) in [5, 5.41) is 0. The Labute approximate surface area is 103 Å². The summed E-state index contributed by atoms with van der Waals surface area (Å²) in [4.78, 5) is 22.9. The number of rotatable bonds is 4. The van der Waals surface area contributed by atoms with Crippen molar-refractivity contribution in [2.75, 3.05) is 0 Å². The number of hydrogen-bond acceptors (Lipinski definition) is 2. The number of carbonyl (C=O) groups is 2. The van der Waals surface area contributed by atoms with E-state index in [0.29, 0.717) is 6.42 Å². The lowest BCUT2D eigenvalue weighted by Crippen LogP contribution is -2.09. The third-order valence-corrected chi connectivity index (χ3v) is 3.82. The summed E-state index contributed by atoms with van der Waals surface area (Å²) < 4.78 is 0.961. The minimum Gasteiger partial charge on any atom is -0.300 e. The van der Waals surface area contributed by atoms with Crippen LogP contribution in [0.15, 0.2) is 28.7 Å². The van der Waals surface area contributed by atoms with E-state index < -0.39 is 0 Å². The molecule has 16 heavy (non-hydrogen) atoms. The van der Waals surface area contributed by atoms with Gasteiger partial charge in [0.25, 0.3) is 0 Å². The summed E-state index contributed by atoms with van der Waals surface area (Å²) in [6.45, 7) is 1.57. The van der Waals surface area contributed by atoms with Crippen molar-refractivity contribution in [2.24, 2.45) is 11.8 Å². The second kappa shape index (κ2) is 4.50. The third kappa shape index (κ3) is 2.40. The zero-order valence-corrected chi connectivity index (χ0v) is 10.7. The maximum atomic E-state index is 11.9. The smallest absolute Gasteiger partial charge is 0.141 e. The van der Waals surface area contributed by atoms with Gasteiger partial charge in [0.1, 0.15) is 11.6 Å². The standard InChI is InChI=1S/C13H13BrO2/c1-8(15)10-7-11(10)13(16)6-9-4-2-3-5-12(9)14/h2-5,10-11H,6-7H2,1H3/t10-,11+/m1/s1. The molecule has 3 heteroatoms. The van der Waals surface area contributed by atoms with Gasteiger partial charge in [0.2, 0.25) is 0 Å². The highest BCUT2D eigenvalue weighted by molar-refractivity contribution is 9.10. The highest BCUT2D eigenvalue weighted by Crippen LogP contribution is 2.40. The van der Waals surface area contributed by atoms with Gasteiger partial charge in [-0.25, -0.2) is 0 Å². The molecule has 1 aliphatic rings. The van der Waals surface area contributed by atoms with E-state index in [1.807, 2.05) is 24.3 Å². The number of hydrogen-bond donors (Lipinski definition) is 0. The number of benzene rings is 1. The van der Waals surface area contributed by atoms with Crippen LogP contribution in [-0.4, -0.2) is 11.6 Å². The zero-order chi connectivity index (χ0) is 11.7. The molecule has 0 heterocycles. The molecule has 1 aromatic rings. The Bertz CT molecular complexity index is 439. The van der Waals surface area contributed by atoms with Gasteiger partial charge in [0.15, 0.2) is 0 Å². The van der Waals surface area contributed by atoms with E-state index in [0.717, 1.165) is 16.5 Å². The number of carbonyl (C=O) groups excluding carboxylic acids is 2. The fourth-order valence-corrected chi connectivity index (χ4v) is 2.39. The quantitative estimate of drug-likeness (QED) is 0.850. The first kappa shape index (κ1) is 11.5. The van der Waals surface area contributed by atoms with E-state index in [9.17, 15) is 9.59 Å². The topological polar surface area (TPSA) is 34.1 Å². The van der Waals surface area contributed by atoms with Crippen LogP contribution in [0.3, 0.4) is 0 Å². The summed E-state index contributed by atoms with van der Waals surface area (Å²) >= 11 is 3.42. The van der Waals surface area contributed by atoms with Gasteiger partial charge >= 0.3 is 0 Å². The van der Waals surface area contributed by atoms with Crippen molar-refractivity contribution in [1.29, 1.82) is 0 Å². The first-order valence-electron chi connectivity index (χ1n) is 5.36. The van der Waals surface area contributed by atoms with Gasteiger partial charge < -0.3 is 0 Å². The molecule has 1 aromatic carbocycles. The summed E-state index contributed by atoms with van der Waals surface area (Å²) in [7, 11) is 0. The summed E-state index contributed by atoms with van der Waals surface area (Å²) in [6, 6.07) is 7.71. The van der Waals surface area contributed by atoms with Crippen molar-refractivity contribution in [3.63, 3.8) is 0 Å². The number of halogens is 1. The second-order valence-electron chi connectivity index (χ2n) is 4.29. The average molecular weight is 281 g/mol. The van der Waals surface area contributed by atoms with Crippen LogP contribution in [0.5, 0.6) is 0 Å². The summed E-state index contributed by atoms with van der Waals surface area (Å²) in [5.74, 6) is 0.303. The van der Waals surface area contributed by atoms with Crippen LogP contribution in [0.25, 0.3) is 0 Å². The molecule has 1 fully saturated rings. The maximum absolute atomic E-state index is 11.9.